The Balaban J connectivity index is 1.98. The van der Waals surface area contributed by atoms with Gasteiger partial charge in [0, 0.05) is 11.8 Å². The molecule has 7 nitrogen and oxygen atoms in total. The molecule has 0 saturated carbocycles. The van der Waals surface area contributed by atoms with Crippen LogP contribution in [0.2, 0.25) is 0 Å². The molecule has 0 fully saturated rings. The van der Waals surface area contributed by atoms with Crippen molar-refractivity contribution in [3.05, 3.63) is 77.9 Å². The van der Waals surface area contributed by atoms with E-state index in [0.717, 1.165) is 15.4 Å². The van der Waals surface area contributed by atoms with Crippen LogP contribution in [0.5, 0.6) is 11.5 Å². The molecule has 32 heavy (non-hydrogen) atoms. The van der Waals surface area contributed by atoms with Gasteiger partial charge in [0.15, 0.2) is 11.5 Å². The van der Waals surface area contributed by atoms with E-state index in [1.165, 1.54) is 32.4 Å². The number of nitrogens with zero attached hydrogens (tertiary/aromatic N) is 1. The zero-order valence-corrected chi connectivity index (χ0v) is 19.3. The lowest BCUT2D eigenvalue weighted by Gasteiger charge is -2.24. The number of carbonyl (C=O) groups excluding carboxylic acids is 1. The van der Waals surface area contributed by atoms with Gasteiger partial charge in [-0.3, -0.25) is 9.10 Å². The molecule has 3 rings (SSSR count). The highest BCUT2D eigenvalue weighted by atomic mass is 32.2. The first kappa shape index (κ1) is 23.1. The van der Waals surface area contributed by atoms with Crippen molar-refractivity contribution in [2.45, 2.75) is 18.7 Å². The van der Waals surface area contributed by atoms with Crippen molar-refractivity contribution in [1.29, 1.82) is 0 Å². The van der Waals surface area contributed by atoms with Crippen LogP contribution in [-0.2, 0) is 14.8 Å². The summed E-state index contributed by atoms with van der Waals surface area (Å²) >= 11 is 0. The molecule has 0 radical (unpaired) electrons. The summed E-state index contributed by atoms with van der Waals surface area (Å²) < 4.78 is 38.7. The fraction of sp³-hybridized carbons (Fsp3) is 0.208. The van der Waals surface area contributed by atoms with Gasteiger partial charge in [0.1, 0.15) is 6.54 Å². The molecule has 0 unspecified atom stereocenters. The maximum absolute atomic E-state index is 13.6. The van der Waals surface area contributed by atoms with E-state index in [-0.39, 0.29) is 10.6 Å². The van der Waals surface area contributed by atoms with E-state index in [9.17, 15) is 13.2 Å². The van der Waals surface area contributed by atoms with Crippen LogP contribution >= 0.6 is 0 Å². The molecule has 0 heterocycles. The summed E-state index contributed by atoms with van der Waals surface area (Å²) in [5, 5.41) is 2.83. The monoisotopic (exact) mass is 454 g/mol. The van der Waals surface area contributed by atoms with Crippen LogP contribution in [0.3, 0.4) is 0 Å². The van der Waals surface area contributed by atoms with Crippen LogP contribution in [-0.4, -0.2) is 35.1 Å². The zero-order chi connectivity index (χ0) is 23.3. The number of sulfonamides is 1. The summed E-state index contributed by atoms with van der Waals surface area (Å²) in [7, 11) is -1.18. The third-order valence-corrected chi connectivity index (χ3v) is 6.71. The number of ether oxygens (including phenoxy) is 2. The van der Waals surface area contributed by atoms with Crippen LogP contribution in [0, 0.1) is 13.8 Å². The van der Waals surface area contributed by atoms with E-state index >= 15 is 0 Å². The number of hydrogen-bond donors (Lipinski definition) is 1. The van der Waals surface area contributed by atoms with Crippen molar-refractivity contribution < 1.29 is 22.7 Å². The van der Waals surface area contributed by atoms with Gasteiger partial charge in [0.05, 0.1) is 24.8 Å². The Morgan fingerprint density at radius 3 is 2.25 bits per heavy atom. The van der Waals surface area contributed by atoms with Gasteiger partial charge in [0.2, 0.25) is 5.91 Å². The molecule has 0 aliphatic carbocycles. The standard InChI is InChI=1S/C24H26N2O5S/c1-17-10-11-18(2)21(14-17)25-24(27)16-26(19-8-6-5-7-9-19)32(28,29)20-12-13-22(30-3)23(15-20)31-4/h5-15H,16H2,1-4H3,(H,25,27). The summed E-state index contributed by atoms with van der Waals surface area (Å²) in [6.45, 7) is 3.41. The number of benzene rings is 3. The van der Waals surface area contributed by atoms with Gasteiger partial charge < -0.3 is 14.8 Å². The highest BCUT2D eigenvalue weighted by molar-refractivity contribution is 7.92. The van der Waals surface area contributed by atoms with Crippen molar-refractivity contribution >= 4 is 27.3 Å². The summed E-state index contributed by atoms with van der Waals surface area (Å²) in [5.41, 5.74) is 2.90. The number of amides is 1. The number of nitrogens with one attached hydrogen (secondary N) is 1. The van der Waals surface area contributed by atoms with E-state index < -0.39 is 22.5 Å². The first-order valence-corrected chi connectivity index (χ1v) is 11.4. The molecule has 168 valence electrons. The molecule has 0 aliphatic rings. The number of methoxy groups -OCH3 is 2. The van der Waals surface area contributed by atoms with E-state index in [0.29, 0.717) is 17.1 Å². The van der Waals surface area contributed by atoms with E-state index in [1.54, 1.807) is 30.3 Å². The smallest absolute Gasteiger partial charge is 0.264 e. The maximum atomic E-state index is 13.6. The van der Waals surface area contributed by atoms with Crippen LogP contribution in [0.25, 0.3) is 0 Å². The third kappa shape index (κ3) is 5.03. The first-order chi connectivity index (χ1) is 15.3. The predicted octanol–water partition coefficient (Wildman–Crippen LogP) is 4.15. The summed E-state index contributed by atoms with van der Waals surface area (Å²) in [4.78, 5) is 12.9. The van der Waals surface area contributed by atoms with Crippen LogP contribution in [0.15, 0.2) is 71.6 Å². The fourth-order valence-electron chi connectivity index (χ4n) is 3.20. The van der Waals surface area contributed by atoms with Gasteiger partial charge in [0.25, 0.3) is 10.0 Å². The zero-order valence-electron chi connectivity index (χ0n) is 18.5. The molecule has 3 aromatic rings. The van der Waals surface area contributed by atoms with Gasteiger partial charge >= 0.3 is 0 Å². The molecular formula is C24H26N2O5S. The molecule has 0 saturated heterocycles. The molecular weight excluding hydrogens is 428 g/mol. The van der Waals surface area contributed by atoms with Gasteiger partial charge in [-0.1, -0.05) is 30.3 Å². The molecule has 3 aromatic carbocycles. The number of aryl methyl sites for hydroxylation is 2. The Kier molecular flexibility index (Phi) is 7.05. The van der Waals surface area contributed by atoms with E-state index in [4.69, 9.17) is 9.47 Å². The lowest BCUT2D eigenvalue weighted by atomic mass is 10.1. The van der Waals surface area contributed by atoms with Gasteiger partial charge in [-0.15, -0.1) is 0 Å². The third-order valence-electron chi connectivity index (χ3n) is 4.94. The molecule has 8 heteroatoms. The Hall–Kier alpha value is -3.52. The second-order valence-corrected chi connectivity index (χ2v) is 9.09. The lowest BCUT2D eigenvalue weighted by molar-refractivity contribution is -0.114. The number of anilines is 2. The minimum atomic E-state index is -4.08. The fourth-order valence-corrected chi connectivity index (χ4v) is 4.64. The Morgan fingerprint density at radius 2 is 1.59 bits per heavy atom. The van der Waals surface area contributed by atoms with Crippen molar-refractivity contribution in [3.8, 4) is 11.5 Å². The number of carbonyl (C=O) groups is 1. The second kappa shape index (κ2) is 9.74. The lowest BCUT2D eigenvalue weighted by Crippen LogP contribution is -2.38. The summed E-state index contributed by atoms with van der Waals surface area (Å²) in [6, 6.07) is 18.5. The van der Waals surface area contributed by atoms with Crippen LogP contribution < -0.4 is 19.1 Å². The molecule has 1 N–H and O–H groups in total. The normalized spacial score (nSPS) is 11.0. The van der Waals surface area contributed by atoms with Crippen molar-refractivity contribution in [1.82, 2.24) is 0 Å². The van der Waals surface area contributed by atoms with Crippen molar-refractivity contribution in [3.63, 3.8) is 0 Å². The predicted molar refractivity (Wildman–Crippen MR) is 125 cm³/mol. The largest absolute Gasteiger partial charge is 0.493 e. The summed E-state index contributed by atoms with van der Waals surface area (Å²) in [6.07, 6.45) is 0. The van der Waals surface area contributed by atoms with Gasteiger partial charge in [-0.2, -0.15) is 0 Å². The van der Waals surface area contributed by atoms with Crippen molar-refractivity contribution in [2.24, 2.45) is 0 Å². The Bertz CT molecular complexity index is 1210. The molecule has 0 spiro atoms. The minimum absolute atomic E-state index is 0.0152. The van der Waals surface area contributed by atoms with Crippen LogP contribution in [0.1, 0.15) is 11.1 Å². The van der Waals surface area contributed by atoms with Gasteiger partial charge in [-0.25, -0.2) is 8.42 Å². The number of hydrogen-bond acceptors (Lipinski definition) is 5. The molecule has 1 amide bonds. The van der Waals surface area contributed by atoms with Gasteiger partial charge in [-0.05, 0) is 55.3 Å². The highest BCUT2D eigenvalue weighted by Crippen LogP contribution is 2.32. The molecule has 0 bridgehead atoms. The molecule has 0 atom stereocenters. The number of para-hydroxylation sites is 1. The first-order valence-electron chi connectivity index (χ1n) is 9.93. The van der Waals surface area contributed by atoms with E-state index in [2.05, 4.69) is 5.32 Å². The molecule has 0 aliphatic heterocycles. The topological polar surface area (TPSA) is 84.9 Å². The molecule has 0 aromatic heterocycles. The average molecular weight is 455 g/mol. The minimum Gasteiger partial charge on any atom is -0.493 e. The Labute approximate surface area is 188 Å². The van der Waals surface area contributed by atoms with Crippen molar-refractivity contribution in [2.75, 3.05) is 30.4 Å². The maximum Gasteiger partial charge on any atom is 0.264 e. The average Bonchev–Trinajstić information content (AvgIpc) is 2.79. The second-order valence-electron chi connectivity index (χ2n) is 7.23. The summed E-state index contributed by atoms with van der Waals surface area (Å²) in [5.74, 6) is 0.235. The number of rotatable bonds is 8. The highest BCUT2D eigenvalue weighted by Gasteiger charge is 2.28. The SMILES string of the molecule is COc1ccc(S(=O)(=O)N(CC(=O)Nc2cc(C)ccc2C)c2ccccc2)cc1OC. The quantitative estimate of drug-likeness (QED) is 0.553. The van der Waals surface area contributed by atoms with E-state index in [1.807, 2.05) is 32.0 Å². The van der Waals surface area contributed by atoms with Crippen LogP contribution in [0.4, 0.5) is 11.4 Å². The Morgan fingerprint density at radius 1 is 0.906 bits per heavy atom.